The number of aliphatic carboxylic acids is 1. The Morgan fingerprint density at radius 1 is 1.13 bits per heavy atom. The zero-order chi connectivity index (χ0) is 17.0. The summed E-state index contributed by atoms with van der Waals surface area (Å²) in [6.45, 7) is 3.24. The first kappa shape index (κ1) is 17.0. The van der Waals surface area contributed by atoms with E-state index >= 15 is 0 Å². The number of nitrogens with one attached hydrogen (secondary N) is 1. The predicted molar refractivity (Wildman–Crippen MR) is 84.1 cm³/mol. The van der Waals surface area contributed by atoms with Gasteiger partial charge < -0.3 is 5.11 Å². The molecule has 1 aromatic heterocycles. The highest BCUT2D eigenvalue weighted by molar-refractivity contribution is 7.89. The third-order valence-corrected chi connectivity index (χ3v) is 4.58. The topological polar surface area (TPSA) is 109 Å². The van der Waals surface area contributed by atoms with Gasteiger partial charge >= 0.3 is 5.97 Å². The largest absolute Gasteiger partial charge is 0.480 e. The number of carboxylic acid groups (broad SMARTS) is 1. The molecule has 0 fully saturated rings. The fraction of sp³-hybridized carbons (Fsp3) is 0.267. The second-order valence-electron chi connectivity index (χ2n) is 5.29. The number of hydrogen-bond donors (Lipinski definition) is 2. The van der Waals surface area contributed by atoms with E-state index in [0.29, 0.717) is 5.82 Å². The highest BCUT2D eigenvalue weighted by Crippen LogP contribution is 2.16. The van der Waals surface area contributed by atoms with Gasteiger partial charge in [-0.05, 0) is 5.92 Å². The maximum atomic E-state index is 12.2. The fourth-order valence-electron chi connectivity index (χ4n) is 1.90. The number of hydrogen-bond acceptors (Lipinski definition) is 5. The van der Waals surface area contributed by atoms with Crippen LogP contribution in [0.5, 0.6) is 0 Å². The van der Waals surface area contributed by atoms with E-state index in [1.54, 1.807) is 26.0 Å². The molecular weight excluding hydrogens is 318 g/mol. The summed E-state index contributed by atoms with van der Waals surface area (Å²) in [5, 5.41) is 9.09. The average molecular weight is 335 g/mol. The van der Waals surface area contributed by atoms with Crippen LogP contribution in [0, 0.1) is 5.92 Å². The Hall–Kier alpha value is -2.32. The molecule has 0 unspecified atom stereocenters. The van der Waals surface area contributed by atoms with Gasteiger partial charge in [0, 0.05) is 5.56 Å². The Balaban J connectivity index is 2.26. The molecule has 0 aliphatic carbocycles. The minimum Gasteiger partial charge on any atom is -0.480 e. The van der Waals surface area contributed by atoms with Crippen LogP contribution in [0.3, 0.4) is 0 Å². The lowest BCUT2D eigenvalue weighted by Crippen LogP contribution is -2.44. The van der Waals surface area contributed by atoms with Crippen molar-refractivity contribution in [3.8, 4) is 11.4 Å². The summed E-state index contributed by atoms with van der Waals surface area (Å²) in [7, 11) is -4.00. The Labute approximate surface area is 134 Å². The van der Waals surface area contributed by atoms with Crippen molar-refractivity contribution in [1.29, 1.82) is 0 Å². The smallest absolute Gasteiger partial charge is 0.322 e. The van der Waals surface area contributed by atoms with Crippen molar-refractivity contribution < 1.29 is 18.3 Å². The minimum atomic E-state index is -4.00. The molecule has 0 spiro atoms. The number of rotatable bonds is 6. The SMILES string of the molecule is CC(C)[C@H](NS(=O)(=O)c1cnc(-c2ccccc2)nc1)C(=O)O. The van der Waals surface area contributed by atoms with E-state index in [1.807, 2.05) is 18.2 Å². The highest BCUT2D eigenvalue weighted by Gasteiger charge is 2.28. The van der Waals surface area contributed by atoms with Gasteiger partial charge in [0.2, 0.25) is 10.0 Å². The van der Waals surface area contributed by atoms with Crippen molar-refractivity contribution in [2.45, 2.75) is 24.8 Å². The van der Waals surface area contributed by atoms with Gasteiger partial charge in [-0.1, -0.05) is 44.2 Å². The molecular formula is C15H17N3O4S. The lowest BCUT2D eigenvalue weighted by Gasteiger charge is -2.17. The molecule has 1 atom stereocenters. The zero-order valence-corrected chi connectivity index (χ0v) is 13.5. The minimum absolute atomic E-state index is 0.177. The number of aromatic nitrogens is 2. The van der Waals surface area contributed by atoms with Crippen LogP contribution in [0.4, 0.5) is 0 Å². The molecule has 0 amide bonds. The summed E-state index contributed by atoms with van der Waals surface area (Å²) in [5.74, 6) is -1.24. The van der Waals surface area contributed by atoms with E-state index in [2.05, 4.69) is 14.7 Å². The molecule has 8 heteroatoms. The molecule has 0 aliphatic heterocycles. The predicted octanol–water partition coefficient (Wildman–Crippen LogP) is 1.53. The molecule has 0 radical (unpaired) electrons. The molecule has 0 saturated heterocycles. The van der Waals surface area contributed by atoms with Crippen LogP contribution in [0.15, 0.2) is 47.6 Å². The Bertz CT molecular complexity index is 774. The van der Waals surface area contributed by atoms with Crippen LogP contribution < -0.4 is 4.72 Å². The Kier molecular flexibility index (Phi) is 5.07. The normalized spacial score (nSPS) is 13.0. The van der Waals surface area contributed by atoms with Gasteiger partial charge in [-0.2, -0.15) is 4.72 Å². The van der Waals surface area contributed by atoms with E-state index < -0.39 is 28.0 Å². The van der Waals surface area contributed by atoms with Gasteiger partial charge in [0.15, 0.2) is 5.82 Å². The van der Waals surface area contributed by atoms with Gasteiger partial charge in [-0.25, -0.2) is 18.4 Å². The maximum Gasteiger partial charge on any atom is 0.322 e. The van der Waals surface area contributed by atoms with Gasteiger partial charge in [0.05, 0.1) is 12.4 Å². The lowest BCUT2D eigenvalue weighted by molar-refractivity contribution is -0.140. The summed E-state index contributed by atoms with van der Waals surface area (Å²) < 4.78 is 26.7. The summed E-state index contributed by atoms with van der Waals surface area (Å²) in [6, 6.07) is 7.90. The fourth-order valence-corrected chi connectivity index (χ4v) is 3.12. The van der Waals surface area contributed by atoms with Crippen LogP contribution in [0.2, 0.25) is 0 Å². The third-order valence-electron chi connectivity index (χ3n) is 3.19. The van der Waals surface area contributed by atoms with E-state index in [1.165, 1.54) is 0 Å². The molecule has 0 bridgehead atoms. The van der Waals surface area contributed by atoms with Crippen LogP contribution >= 0.6 is 0 Å². The molecule has 7 nitrogen and oxygen atoms in total. The summed E-state index contributed by atoms with van der Waals surface area (Å²) in [6.07, 6.45) is 2.33. The summed E-state index contributed by atoms with van der Waals surface area (Å²) in [4.78, 5) is 19.0. The van der Waals surface area contributed by atoms with Crippen LogP contribution in [0.1, 0.15) is 13.8 Å². The monoisotopic (exact) mass is 335 g/mol. The number of benzene rings is 1. The summed E-state index contributed by atoms with van der Waals surface area (Å²) in [5.41, 5.74) is 0.759. The van der Waals surface area contributed by atoms with Crippen molar-refractivity contribution in [3.63, 3.8) is 0 Å². The molecule has 0 aliphatic rings. The quantitative estimate of drug-likeness (QED) is 0.828. The van der Waals surface area contributed by atoms with E-state index in [-0.39, 0.29) is 4.90 Å². The lowest BCUT2D eigenvalue weighted by atomic mass is 10.1. The Morgan fingerprint density at radius 3 is 2.17 bits per heavy atom. The van der Waals surface area contributed by atoms with Crippen molar-refractivity contribution in [3.05, 3.63) is 42.7 Å². The molecule has 0 saturated carbocycles. The molecule has 2 rings (SSSR count). The summed E-state index contributed by atoms with van der Waals surface area (Å²) >= 11 is 0. The second-order valence-corrected chi connectivity index (χ2v) is 7.00. The van der Waals surface area contributed by atoms with E-state index in [9.17, 15) is 13.2 Å². The van der Waals surface area contributed by atoms with Crippen molar-refractivity contribution in [2.75, 3.05) is 0 Å². The van der Waals surface area contributed by atoms with Crippen molar-refractivity contribution in [1.82, 2.24) is 14.7 Å². The van der Waals surface area contributed by atoms with E-state index in [4.69, 9.17) is 5.11 Å². The Morgan fingerprint density at radius 2 is 1.70 bits per heavy atom. The number of carbonyl (C=O) groups is 1. The first-order chi connectivity index (χ1) is 10.8. The van der Waals surface area contributed by atoms with Crippen LogP contribution in [0.25, 0.3) is 11.4 Å². The number of carboxylic acids is 1. The molecule has 1 aromatic carbocycles. The number of sulfonamides is 1. The van der Waals surface area contributed by atoms with Gasteiger partial charge in [0.1, 0.15) is 10.9 Å². The zero-order valence-electron chi connectivity index (χ0n) is 12.7. The third kappa shape index (κ3) is 4.11. The molecule has 2 aromatic rings. The first-order valence-corrected chi connectivity index (χ1v) is 8.42. The van der Waals surface area contributed by atoms with Crippen LogP contribution in [-0.4, -0.2) is 35.5 Å². The van der Waals surface area contributed by atoms with Gasteiger partial charge in [-0.15, -0.1) is 0 Å². The first-order valence-electron chi connectivity index (χ1n) is 6.94. The molecule has 122 valence electrons. The van der Waals surface area contributed by atoms with Gasteiger partial charge in [-0.3, -0.25) is 4.79 Å². The molecule has 2 N–H and O–H groups in total. The number of nitrogens with zero attached hydrogens (tertiary/aromatic N) is 2. The standard InChI is InChI=1S/C15H17N3O4S/c1-10(2)13(15(19)20)18-23(21,22)12-8-16-14(17-9-12)11-6-4-3-5-7-11/h3-10,13,18H,1-2H3,(H,19,20)/t13-/m0/s1. The van der Waals surface area contributed by atoms with Gasteiger partial charge in [0.25, 0.3) is 0 Å². The molecule has 23 heavy (non-hydrogen) atoms. The maximum absolute atomic E-state index is 12.2. The second kappa shape index (κ2) is 6.84. The van der Waals surface area contributed by atoms with E-state index in [0.717, 1.165) is 18.0 Å². The highest BCUT2D eigenvalue weighted by atomic mass is 32.2. The average Bonchev–Trinajstić information content (AvgIpc) is 2.53. The van der Waals surface area contributed by atoms with Crippen LogP contribution in [-0.2, 0) is 14.8 Å². The van der Waals surface area contributed by atoms with Crippen molar-refractivity contribution in [2.24, 2.45) is 5.92 Å². The molecule has 1 heterocycles. The van der Waals surface area contributed by atoms with Crippen molar-refractivity contribution >= 4 is 16.0 Å².